The van der Waals surface area contributed by atoms with Crippen LogP contribution in [0.5, 0.6) is 11.5 Å². The standard InChI is InChI=1S/C23H33N2O8PS/c1-5-30-34(27,31-6-2)14-18-15-35-23(24-18)25-22(26)17-9-20(32-16(3)12-28-4)11-21(10-17)33-19-7-8-29-13-19/h9-11,15-16,19H,5-8,12-14H2,1-4H3,(H,24,25,26)/t16-,19+/m0/s1. The molecule has 0 saturated carbocycles. The second-order valence-electron chi connectivity index (χ2n) is 7.88. The van der Waals surface area contributed by atoms with E-state index >= 15 is 0 Å². The predicted molar refractivity (Wildman–Crippen MR) is 133 cm³/mol. The van der Waals surface area contributed by atoms with E-state index < -0.39 is 7.60 Å². The third-order valence-corrected chi connectivity index (χ3v) is 7.67. The topological polar surface area (TPSA) is 114 Å². The Morgan fingerprint density at radius 1 is 1.26 bits per heavy atom. The molecule has 1 aromatic heterocycles. The number of carbonyl (C=O) groups is 1. The highest BCUT2D eigenvalue weighted by Gasteiger charge is 2.26. The smallest absolute Gasteiger partial charge is 0.336 e. The lowest BCUT2D eigenvalue weighted by Gasteiger charge is -2.17. The van der Waals surface area contributed by atoms with Crippen molar-refractivity contribution in [2.45, 2.75) is 45.6 Å². The van der Waals surface area contributed by atoms with Gasteiger partial charge in [-0.25, -0.2) is 4.98 Å². The zero-order valence-electron chi connectivity index (χ0n) is 20.5. The molecule has 1 aromatic carbocycles. The SMILES string of the molecule is CCOP(=O)(Cc1csc(NC(=O)c2cc(O[C@@H]3CCOC3)cc(O[C@@H](C)COC)c2)n1)OCC. The van der Waals surface area contributed by atoms with Gasteiger partial charge in [0.2, 0.25) is 0 Å². The van der Waals surface area contributed by atoms with Crippen molar-refractivity contribution in [1.29, 1.82) is 0 Å². The molecular formula is C23H33N2O8PS. The van der Waals surface area contributed by atoms with Crippen molar-refractivity contribution in [1.82, 2.24) is 4.98 Å². The Morgan fingerprint density at radius 2 is 2.00 bits per heavy atom. The molecule has 12 heteroatoms. The Morgan fingerprint density at radius 3 is 2.66 bits per heavy atom. The van der Waals surface area contributed by atoms with Crippen LogP contribution in [-0.2, 0) is 29.2 Å². The molecule has 0 radical (unpaired) electrons. The minimum absolute atomic E-state index is 0.0310. The first kappa shape index (κ1) is 27.6. The van der Waals surface area contributed by atoms with Gasteiger partial charge in [0.05, 0.1) is 44.9 Å². The van der Waals surface area contributed by atoms with Crippen LogP contribution in [0, 0.1) is 0 Å². The van der Waals surface area contributed by atoms with Gasteiger partial charge in [0, 0.05) is 30.5 Å². The van der Waals surface area contributed by atoms with Crippen LogP contribution in [-0.4, -0.2) is 63.2 Å². The van der Waals surface area contributed by atoms with E-state index in [1.165, 1.54) is 11.3 Å². The number of hydrogen-bond donors (Lipinski definition) is 1. The summed E-state index contributed by atoms with van der Waals surface area (Å²) in [4.78, 5) is 17.4. The zero-order chi connectivity index (χ0) is 25.3. The summed E-state index contributed by atoms with van der Waals surface area (Å²) in [6.45, 7) is 7.47. The minimum atomic E-state index is -3.29. The Bertz CT molecular complexity index is 1000. The van der Waals surface area contributed by atoms with E-state index in [0.29, 0.717) is 47.7 Å². The zero-order valence-corrected chi connectivity index (χ0v) is 22.2. The van der Waals surface area contributed by atoms with Gasteiger partial charge in [-0.2, -0.15) is 0 Å². The average Bonchev–Trinajstić information content (AvgIpc) is 3.46. The number of nitrogens with zero attached hydrogens (tertiary/aromatic N) is 1. The second kappa shape index (κ2) is 13.3. The van der Waals surface area contributed by atoms with Gasteiger partial charge in [-0.3, -0.25) is 14.7 Å². The summed E-state index contributed by atoms with van der Waals surface area (Å²) in [6, 6.07) is 5.06. The lowest BCUT2D eigenvalue weighted by molar-refractivity contribution is 0.0911. The summed E-state index contributed by atoms with van der Waals surface area (Å²) in [7, 11) is -1.69. The number of rotatable bonds is 14. The lowest BCUT2D eigenvalue weighted by atomic mass is 10.2. The molecular weight excluding hydrogens is 495 g/mol. The van der Waals surface area contributed by atoms with Crippen LogP contribution in [0.2, 0.25) is 0 Å². The molecule has 1 N–H and O–H groups in total. The summed E-state index contributed by atoms with van der Waals surface area (Å²) < 4.78 is 45.9. The summed E-state index contributed by atoms with van der Waals surface area (Å²) in [5, 5.41) is 4.89. The van der Waals surface area contributed by atoms with Crippen LogP contribution in [0.4, 0.5) is 5.13 Å². The number of hydrogen-bond acceptors (Lipinski definition) is 10. The largest absolute Gasteiger partial charge is 0.488 e. The Hall–Kier alpha value is -2.01. The summed E-state index contributed by atoms with van der Waals surface area (Å²) >= 11 is 1.23. The Kier molecular flexibility index (Phi) is 10.5. The van der Waals surface area contributed by atoms with Crippen molar-refractivity contribution in [3.8, 4) is 11.5 Å². The minimum Gasteiger partial charge on any atom is -0.488 e. The average molecular weight is 529 g/mol. The predicted octanol–water partition coefficient (Wildman–Crippen LogP) is 4.74. The van der Waals surface area contributed by atoms with Crippen LogP contribution in [0.15, 0.2) is 23.6 Å². The van der Waals surface area contributed by atoms with Gasteiger partial charge in [-0.05, 0) is 32.9 Å². The number of thiazole rings is 1. The van der Waals surface area contributed by atoms with Gasteiger partial charge in [0.25, 0.3) is 5.91 Å². The number of amides is 1. The van der Waals surface area contributed by atoms with Crippen molar-refractivity contribution in [2.75, 3.05) is 45.5 Å². The van der Waals surface area contributed by atoms with E-state index in [1.54, 1.807) is 44.5 Å². The van der Waals surface area contributed by atoms with Crippen molar-refractivity contribution in [3.05, 3.63) is 34.8 Å². The number of ether oxygens (including phenoxy) is 4. The molecule has 10 nitrogen and oxygen atoms in total. The van der Waals surface area contributed by atoms with Gasteiger partial charge in [-0.1, -0.05) is 0 Å². The van der Waals surface area contributed by atoms with Gasteiger partial charge >= 0.3 is 7.60 Å². The molecule has 194 valence electrons. The van der Waals surface area contributed by atoms with Crippen LogP contribution >= 0.6 is 18.9 Å². The van der Waals surface area contributed by atoms with Crippen molar-refractivity contribution >= 4 is 30.0 Å². The quantitative estimate of drug-likeness (QED) is 0.347. The highest BCUT2D eigenvalue weighted by Crippen LogP contribution is 2.51. The molecule has 1 amide bonds. The molecule has 1 fully saturated rings. The first-order valence-corrected chi connectivity index (χ1v) is 14.1. The third-order valence-electron chi connectivity index (χ3n) is 4.85. The molecule has 3 rings (SSSR count). The van der Waals surface area contributed by atoms with Crippen LogP contribution < -0.4 is 14.8 Å². The highest BCUT2D eigenvalue weighted by atomic mass is 32.1. The maximum absolute atomic E-state index is 13.1. The first-order chi connectivity index (χ1) is 16.8. The van der Waals surface area contributed by atoms with Gasteiger partial charge in [-0.15, -0.1) is 11.3 Å². The number of aromatic nitrogens is 1. The third kappa shape index (κ3) is 8.56. The molecule has 2 aromatic rings. The molecule has 0 bridgehead atoms. The normalized spacial score (nSPS) is 16.7. The number of benzene rings is 1. The molecule has 35 heavy (non-hydrogen) atoms. The fourth-order valence-electron chi connectivity index (χ4n) is 3.46. The van der Waals surface area contributed by atoms with E-state index in [1.807, 2.05) is 6.92 Å². The van der Waals surface area contributed by atoms with Gasteiger partial charge in [0.1, 0.15) is 23.7 Å². The first-order valence-electron chi connectivity index (χ1n) is 11.5. The van der Waals surface area contributed by atoms with Gasteiger partial charge < -0.3 is 28.0 Å². The fraction of sp³-hybridized carbons (Fsp3) is 0.565. The van der Waals surface area contributed by atoms with Crippen LogP contribution in [0.25, 0.3) is 0 Å². The molecule has 1 aliphatic heterocycles. The molecule has 2 atom stereocenters. The van der Waals surface area contributed by atoms with E-state index in [-0.39, 0.29) is 37.5 Å². The molecule has 1 saturated heterocycles. The molecule has 1 aliphatic rings. The monoisotopic (exact) mass is 528 g/mol. The Labute approximate surface area is 209 Å². The number of carbonyl (C=O) groups excluding carboxylic acids is 1. The lowest BCUT2D eigenvalue weighted by Crippen LogP contribution is -2.20. The molecule has 0 unspecified atom stereocenters. The van der Waals surface area contributed by atoms with Gasteiger partial charge in [0.15, 0.2) is 5.13 Å². The molecule has 0 aliphatic carbocycles. The van der Waals surface area contributed by atoms with Crippen molar-refractivity contribution < 1.29 is 37.4 Å². The maximum Gasteiger partial charge on any atom is 0.336 e. The van der Waals surface area contributed by atoms with Crippen LogP contribution in [0.1, 0.15) is 43.2 Å². The molecule has 2 heterocycles. The summed E-state index contributed by atoms with van der Waals surface area (Å²) in [5.74, 6) is 0.633. The second-order valence-corrected chi connectivity index (χ2v) is 10.8. The van der Waals surface area contributed by atoms with Crippen molar-refractivity contribution in [2.24, 2.45) is 0 Å². The van der Waals surface area contributed by atoms with E-state index in [9.17, 15) is 9.36 Å². The summed E-state index contributed by atoms with van der Waals surface area (Å²) in [6.07, 6.45) is 0.518. The fourth-order valence-corrected chi connectivity index (χ4v) is 5.90. The summed E-state index contributed by atoms with van der Waals surface area (Å²) in [5.41, 5.74) is 0.873. The molecule has 0 spiro atoms. The maximum atomic E-state index is 13.1. The number of methoxy groups -OCH3 is 1. The van der Waals surface area contributed by atoms with Crippen LogP contribution in [0.3, 0.4) is 0 Å². The van der Waals surface area contributed by atoms with E-state index in [4.69, 9.17) is 28.0 Å². The van der Waals surface area contributed by atoms with E-state index in [2.05, 4.69) is 10.3 Å². The number of anilines is 1. The highest BCUT2D eigenvalue weighted by molar-refractivity contribution is 7.53. The van der Waals surface area contributed by atoms with Crippen molar-refractivity contribution in [3.63, 3.8) is 0 Å². The number of nitrogens with one attached hydrogen (secondary N) is 1. The Balaban J connectivity index is 1.74. The van der Waals surface area contributed by atoms with E-state index in [0.717, 1.165) is 6.42 Å².